The predicted molar refractivity (Wildman–Crippen MR) is 293 cm³/mol. The highest BCUT2D eigenvalue weighted by Crippen LogP contribution is 2.67. The van der Waals surface area contributed by atoms with Gasteiger partial charge < -0.3 is 24.6 Å². The topological polar surface area (TPSA) is 263 Å². The van der Waals surface area contributed by atoms with Crippen molar-refractivity contribution < 1.29 is 68.9 Å². The van der Waals surface area contributed by atoms with E-state index in [9.17, 15) is 37.3 Å². The van der Waals surface area contributed by atoms with Crippen molar-refractivity contribution in [1.82, 2.24) is 5.32 Å². The lowest BCUT2D eigenvalue weighted by Crippen LogP contribution is -2.54. The maximum absolute atomic E-state index is 14.0. The largest absolute Gasteiger partial charge is 0.481 e. The molecule has 0 aromatic heterocycles. The molecule has 79 heavy (non-hydrogen) atoms. The summed E-state index contributed by atoms with van der Waals surface area (Å²) in [5.41, 5.74) is 6.23. The fourth-order valence-electron chi connectivity index (χ4n) is 15.2. The average Bonchev–Trinajstić information content (AvgIpc) is 3.78. The number of ketones is 1. The van der Waals surface area contributed by atoms with Crippen LogP contribution < -0.4 is 20.6 Å². The maximum atomic E-state index is 14.0. The summed E-state index contributed by atoms with van der Waals surface area (Å²) in [7, 11) is -6.20. The summed E-state index contributed by atoms with van der Waals surface area (Å²) in [6.07, 6.45) is 12.6. The zero-order valence-electron chi connectivity index (χ0n) is 46.3. The van der Waals surface area contributed by atoms with Crippen molar-refractivity contribution in [2.75, 3.05) is 12.9 Å². The molecule has 7 aliphatic rings. The lowest BCUT2D eigenvalue weighted by atomic mass is 9.44. The molecule has 2 heterocycles. The molecule has 4 saturated carbocycles. The third-order valence-electron chi connectivity index (χ3n) is 18.3. The van der Waals surface area contributed by atoms with Crippen LogP contribution in [0, 0.1) is 45.8 Å². The molecule has 3 aromatic carbocycles. The Morgan fingerprint density at radius 1 is 0.861 bits per heavy atom. The summed E-state index contributed by atoms with van der Waals surface area (Å²) in [5, 5.41) is 13.8. The summed E-state index contributed by atoms with van der Waals surface area (Å²) in [4.78, 5) is 66.6. The molecular formula is C60H72N2O15S2. The van der Waals surface area contributed by atoms with E-state index in [0.717, 1.165) is 84.8 Å². The SMILES string of the molecule is CC(=O)C1CCC2C3CC[C@@H]4C[C@H](OC(=O)[C@H](CC(=O)O)NC(=O)c5ccc(C6=c7cc8c(cc7Oc7cc9c(cc76)C(C)=CC(C)(C)C9)=NC(C)(C)C=C8CS(=O)(=O)O)cc5)CC[C@]4(C)C3CC[C@]12C.COC=O.O=S(=O)=O. The number of allylic oxidation sites excluding steroid dienone is 2. The second-order valence-electron chi connectivity index (χ2n) is 24.5. The highest BCUT2D eigenvalue weighted by molar-refractivity contribution is 7.86. The van der Waals surface area contributed by atoms with Gasteiger partial charge in [-0.3, -0.25) is 28.7 Å². The standard InChI is InChI=1S/C58H68N2O10S.C2H4O2.O3S/c1-31-27-55(3,4)28-35-21-49-42(23-40(31)35)52(43-24-41-36(30-71(66,67)68)29-56(5,6)60-47(41)25-50(43)70-49)33-9-11-34(12-10-33)53(64)59-48(26-51(62)63)54(65)69-38-17-19-57(7)37(22-38)13-14-39-45-16-15-44(32(2)61)58(45,8)20-18-46(39)57;1-4-2-3;1-4(2)3/h9-12,21,23-25,27,29,37-39,44-46,48H,13-20,22,26,28,30H2,1-8H3,(H,59,64)(H,62,63)(H,66,67,68);2H,1H3;/t37-,38-,39?,44?,45?,46?,48+,57+,58-;;/m1../s1. The number of aliphatic carboxylic acids is 1. The van der Waals surface area contributed by atoms with Crippen LogP contribution in [0.2, 0.25) is 0 Å². The number of hydrogen-bond donors (Lipinski definition) is 3. The zero-order chi connectivity index (χ0) is 57.7. The van der Waals surface area contributed by atoms with Crippen LogP contribution in [-0.4, -0.2) is 91.4 Å². The number of benzene rings is 3. The number of carbonyl (C=O) groups is 5. The summed E-state index contributed by atoms with van der Waals surface area (Å²) < 4.78 is 76.7. The fraction of sp³-hybridized carbons (Fsp3) is 0.533. The molecule has 3 aromatic rings. The Kier molecular flexibility index (Phi) is 16.6. The van der Waals surface area contributed by atoms with Crippen LogP contribution in [0.3, 0.4) is 0 Å². The van der Waals surface area contributed by atoms with Gasteiger partial charge in [-0.25, -0.2) is 4.79 Å². The van der Waals surface area contributed by atoms with E-state index in [-0.39, 0.29) is 33.8 Å². The fourth-order valence-corrected chi connectivity index (χ4v) is 15.8. The first kappa shape index (κ1) is 58.8. The molecule has 4 fully saturated rings. The molecule has 0 radical (unpaired) electrons. The quantitative estimate of drug-likeness (QED) is 0.0726. The Hall–Kier alpha value is -6.31. The monoisotopic (exact) mass is 1120 g/mol. The van der Waals surface area contributed by atoms with E-state index in [2.05, 4.69) is 62.9 Å². The van der Waals surface area contributed by atoms with E-state index in [4.69, 9.17) is 31.9 Å². The summed E-state index contributed by atoms with van der Waals surface area (Å²) >= 11 is 0. The molecule has 10 rings (SSSR count). The highest BCUT2D eigenvalue weighted by atomic mass is 32.2. The van der Waals surface area contributed by atoms with Crippen LogP contribution in [0.25, 0.3) is 16.7 Å². The van der Waals surface area contributed by atoms with Gasteiger partial charge in [-0.1, -0.05) is 52.0 Å². The first-order valence-corrected chi connectivity index (χ1v) is 29.6. The van der Waals surface area contributed by atoms with Gasteiger partial charge in [-0.2, -0.15) is 8.42 Å². The minimum Gasteiger partial charge on any atom is -0.481 e. The Bertz CT molecular complexity index is 3410. The Labute approximate surface area is 463 Å². The molecular weight excluding hydrogens is 1050 g/mol. The van der Waals surface area contributed by atoms with Crippen molar-refractivity contribution in [1.29, 1.82) is 0 Å². The van der Waals surface area contributed by atoms with Crippen LogP contribution in [0.1, 0.15) is 158 Å². The number of ether oxygens (including phenoxy) is 3. The number of nitrogens with zero attached hydrogens (tertiary/aromatic N) is 1. The number of carboxylic acid groups (broad SMARTS) is 1. The second-order valence-corrected chi connectivity index (χ2v) is 26.4. The van der Waals surface area contributed by atoms with E-state index >= 15 is 0 Å². The minimum absolute atomic E-state index is 0.0604. The summed E-state index contributed by atoms with van der Waals surface area (Å²) in [6.45, 7) is 17.2. The molecule has 0 spiro atoms. The van der Waals surface area contributed by atoms with E-state index in [1.807, 2.05) is 26.0 Å². The zero-order valence-corrected chi connectivity index (χ0v) is 48.0. The molecule has 19 heteroatoms. The van der Waals surface area contributed by atoms with Crippen LogP contribution in [-0.2, 0) is 55.8 Å². The van der Waals surface area contributed by atoms with Crippen molar-refractivity contribution in [2.45, 2.75) is 144 Å². The van der Waals surface area contributed by atoms with Crippen LogP contribution in [0.15, 0.2) is 65.7 Å². The number of carboxylic acids is 1. The number of fused-ring (bicyclic) bond motifs is 9. The van der Waals surface area contributed by atoms with Crippen molar-refractivity contribution in [2.24, 2.45) is 50.8 Å². The van der Waals surface area contributed by atoms with Crippen LogP contribution in [0.5, 0.6) is 11.5 Å². The Morgan fingerprint density at radius 3 is 2.15 bits per heavy atom. The molecule has 17 nitrogen and oxygen atoms in total. The van der Waals surface area contributed by atoms with Crippen LogP contribution in [0.4, 0.5) is 0 Å². The van der Waals surface area contributed by atoms with Gasteiger partial charge in [0.05, 0.1) is 24.4 Å². The van der Waals surface area contributed by atoms with E-state index in [1.165, 1.54) is 7.11 Å². The van der Waals surface area contributed by atoms with Crippen LogP contribution >= 0.6 is 0 Å². The lowest BCUT2D eigenvalue weighted by Gasteiger charge is -2.61. The lowest BCUT2D eigenvalue weighted by molar-refractivity contribution is -0.166. The van der Waals surface area contributed by atoms with Gasteiger partial charge in [-0.15, -0.1) is 12.6 Å². The molecule has 2 aliphatic heterocycles. The Balaban J connectivity index is 0.000000963. The van der Waals surface area contributed by atoms with Gasteiger partial charge in [0.1, 0.15) is 35.2 Å². The third kappa shape index (κ3) is 12.4. The number of nitrogens with one attached hydrogen (secondary N) is 1. The third-order valence-corrected chi connectivity index (χ3v) is 18.9. The Morgan fingerprint density at radius 2 is 1.52 bits per heavy atom. The van der Waals surface area contributed by atoms with Crippen molar-refractivity contribution >= 4 is 67.5 Å². The first-order chi connectivity index (χ1) is 37.0. The molecule has 9 atom stereocenters. The maximum Gasteiger partial charge on any atom is 0.425 e. The summed E-state index contributed by atoms with van der Waals surface area (Å²) in [5.74, 6) is 0.553. The molecule has 0 saturated heterocycles. The number of rotatable bonds is 11. The minimum atomic E-state index is -4.40. The van der Waals surface area contributed by atoms with Crippen molar-refractivity contribution in [3.05, 3.63) is 105 Å². The number of esters is 1. The molecule has 0 bridgehead atoms. The normalized spacial score (nSPS) is 27.6. The highest BCUT2D eigenvalue weighted by Gasteiger charge is 2.61. The van der Waals surface area contributed by atoms with Gasteiger partial charge in [0.15, 0.2) is 0 Å². The number of Topliss-reactive ketones (excluding diaryl/α,β-unsaturated/α-hetero) is 1. The van der Waals surface area contributed by atoms with Crippen molar-refractivity contribution in [3.8, 4) is 11.5 Å². The van der Waals surface area contributed by atoms with E-state index in [0.29, 0.717) is 82.0 Å². The number of carbonyl (C=O) groups excluding carboxylic acids is 4. The van der Waals surface area contributed by atoms with Gasteiger partial charge in [0.2, 0.25) is 0 Å². The molecule has 4 unspecified atom stereocenters. The predicted octanol–water partition coefficient (Wildman–Crippen LogP) is 8.23. The van der Waals surface area contributed by atoms with E-state index < -0.39 is 62.3 Å². The number of amides is 1. The molecule has 1 amide bonds. The van der Waals surface area contributed by atoms with E-state index in [1.54, 1.807) is 37.3 Å². The van der Waals surface area contributed by atoms with Gasteiger partial charge in [-0.05, 0) is 190 Å². The number of methoxy groups -OCH3 is 1. The summed E-state index contributed by atoms with van der Waals surface area (Å²) in [6, 6.07) is 13.4. The molecule has 424 valence electrons. The van der Waals surface area contributed by atoms with Gasteiger partial charge >= 0.3 is 22.5 Å². The van der Waals surface area contributed by atoms with Gasteiger partial charge in [0.25, 0.3) is 22.5 Å². The molecule has 3 N–H and O–H groups in total. The van der Waals surface area contributed by atoms with Gasteiger partial charge in [0, 0.05) is 39.5 Å². The van der Waals surface area contributed by atoms with Crippen molar-refractivity contribution in [3.63, 3.8) is 0 Å². The second kappa shape index (κ2) is 22.3. The average molecular weight is 1130 g/mol. The first-order valence-electron chi connectivity index (χ1n) is 27.0. The molecule has 5 aliphatic carbocycles. The number of hydrogen-bond acceptors (Lipinski definition) is 14. The smallest absolute Gasteiger partial charge is 0.425 e.